The predicted octanol–water partition coefficient (Wildman–Crippen LogP) is 4.85. The number of ether oxygens (including phenoxy) is 2. The number of nitrogens with zero attached hydrogens (tertiary/aromatic N) is 1. The molecular weight excluding hydrogens is 402 g/mol. The predicted molar refractivity (Wildman–Crippen MR) is 88.0 cm³/mol. The summed E-state index contributed by atoms with van der Waals surface area (Å²) in [6, 6.07) is 7.18. The maximum Gasteiger partial charge on any atom is 0.145 e. The van der Waals surface area contributed by atoms with E-state index in [1.807, 2.05) is 19.1 Å². The van der Waals surface area contributed by atoms with Gasteiger partial charge in [-0.1, -0.05) is 6.92 Å². The van der Waals surface area contributed by atoms with Crippen LogP contribution in [0.15, 0.2) is 39.4 Å². The van der Waals surface area contributed by atoms with Crippen LogP contribution < -0.4 is 9.47 Å². The molecule has 0 radical (unpaired) electrons. The zero-order valence-electron chi connectivity index (χ0n) is 11.6. The van der Waals surface area contributed by atoms with E-state index in [1.165, 1.54) is 0 Å². The Morgan fingerprint density at radius 1 is 1.19 bits per heavy atom. The van der Waals surface area contributed by atoms with Crippen LogP contribution in [0, 0.1) is 0 Å². The van der Waals surface area contributed by atoms with Crippen molar-refractivity contribution in [2.24, 2.45) is 0 Å². The normalized spacial score (nSPS) is 12.0. The highest BCUT2D eigenvalue weighted by atomic mass is 79.9. The smallest absolute Gasteiger partial charge is 0.145 e. The van der Waals surface area contributed by atoms with Crippen LogP contribution in [0.4, 0.5) is 0 Å². The molecule has 0 saturated heterocycles. The summed E-state index contributed by atoms with van der Waals surface area (Å²) in [7, 11) is 1.61. The van der Waals surface area contributed by atoms with Gasteiger partial charge in [0.2, 0.25) is 0 Å². The van der Waals surface area contributed by atoms with Gasteiger partial charge in [0.15, 0.2) is 0 Å². The van der Waals surface area contributed by atoms with Crippen molar-refractivity contribution in [2.75, 3.05) is 7.11 Å². The van der Waals surface area contributed by atoms with Gasteiger partial charge in [0.25, 0.3) is 0 Å². The quantitative estimate of drug-likeness (QED) is 0.756. The number of rotatable bonds is 5. The molecule has 21 heavy (non-hydrogen) atoms. The molecule has 0 unspecified atom stereocenters. The van der Waals surface area contributed by atoms with E-state index < -0.39 is 6.10 Å². The van der Waals surface area contributed by atoms with Crippen LogP contribution in [-0.4, -0.2) is 17.2 Å². The summed E-state index contributed by atoms with van der Waals surface area (Å²) in [6.07, 6.45) is 1.68. The van der Waals surface area contributed by atoms with Gasteiger partial charge in [-0.15, -0.1) is 0 Å². The zero-order chi connectivity index (χ0) is 15.4. The maximum atomic E-state index is 9.72. The van der Waals surface area contributed by atoms with Gasteiger partial charge < -0.3 is 14.6 Å². The summed E-state index contributed by atoms with van der Waals surface area (Å²) in [6.45, 7) is 1.91. The van der Waals surface area contributed by atoms with Gasteiger partial charge in [-0.05, 0) is 62.5 Å². The van der Waals surface area contributed by atoms with Crippen LogP contribution in [0.5, 0.6) is 17.2 Å². The highest BCUT2D eigenvalue weighted by Gasteiger charge is 2.10. The summed E-state index contributed by atoms with van der Waals surface area (Å²) in [5, 5.41) is 9.72. The molecule has 1 N–H and O–H groups in total. The fourth-order valence-electron chi connectivity index (χ4n) is 1.73. The summed E-state index contributed by atoms with van der Waals surface area (Å²) < 4.78 is 12.6. The Bertz CT molecular complexity index is 617. The molecule has 6 heteroatoms. The molecule has 1 aromatic heterocycles. The minimum absolute atomic E-state index is 0.541. The molecular formula is C15H15Br2NO3. The van der Waals surface area contributed by atoms with E-state index in [0.29, 0.717) is 29.4 Å². The Labute approximate surface area is 140 Å². The summed E-state index contributed by atoms with van der Waals surface area (Å²) in [4.78, 5) is 4.20. The van der Waals surface area contributed by atoms with E-state index in [0.717, 1.165) is 8.95 Å². The van der Waals surface area contributed by atoms with Crippen molar-refractivity contribution in [3.8, 4) is 17.2 Å². The molecule has 0 amide bonds. The monoisotopic (exact) mass is 415 g/mol. The van der Waals surface area contributed by atoms with Gasteiger partial charge in [0.05, 0.1) is 34.0 Å². The fraction of sp³-hybridized carbons (Fsp3) is 0.267. The van der Waals surface area contributed by atoms with Crippen LogP contribution in [0.3, 0.4) is 0 Å². The average molecular weight is 417 g/mol. The largest absolute Gasteiger partial charge is 0.496 e. The fourth-order valence-corrected chi connectivity index (χ4v) is 2.62. The third kappa shape index (κ3) is 3.96. The first-order chi connectivity index (χ1) is 10.0. The second-order valence-corrected chi connectivity index (χ2v) is 6.07. The van der Waals surface area contributed by atoms with Crippen molar-refractivity contribution in [2.45, 2.75) is 19.4 Å². The van der Waals surface area contributed by atoms with Crippen molar-refractivity contribution in [1.82, 2.24) is 4.98 Å². The number of hydrogen-bond acceptors (Lipinski definition) is 4. The maximum absolute atomic E-state index is 9.72. The summed E-state index contributed by atoms with van der Waals surface area (Å²) in [5.41, 5.74) is 0.639. The molecule has 0 fully saturated rings. The molecule has 0 aliphatic heterocycles. The minimum atomic E-state index is -0.541. The van der Waals surface area contributed by atoms with E-state index in [-0.39, 0.29) is 0 Å². The number of aliphatic hydroxyl groups is 1. The first kappa shape index (κ1) is 16.3. The molecule has 112 valence electrons. The van der Waals surface area contributed by atoms with E-state index in [4.69, 9.17) is 9.47 Å². The minimum Gasteiger partial charge on any atom is -0.496 e. The second-order valence-electron chi connectivity index (χ2n) is 4.36. The molecule has 0 aliphatic carbocycles. The van der Waals surface area contributed by atoms with E-state index in [2.05, 4.69) is 36.8 Å². The SMILES string of the molecule is CC[C@H](O)c1ccc(Oc2cc(Br)c(OC)cc2Br)cn1. The lowest BCUT2D eigenvalue weighted by atomic mass is 10.2. The second kappa shape index (κ2) is 7.24. The standard InChI is InChI=1S/C15H15Br2NO3/c1-3-13(19)12-5-4-9(8-18-12)21-15-7-10(16)14(20-2)6-11(15)17/h4-8,13,19H,3H2,1-2H3/t13-/m0/s1. The first-order valence-corrected chi connectivity index (χ1v) is 7.98. The van der Waals surface area contributed by atoms with Crippen LogP contribution >= 0.6 is 31.9 Å². The molecule has 0 bridgehead atoms. The highest BCUT2D eigenvalue weighted by Crippen LogP contribution is 2.38. The number of pyridine rings is 1. The molecule has 1 heterocycles. The number of hydrogen-bond donors (Lipinski definition) is 1. The van der Waals surface area contributed by atoms with Gasteiger partial charge in [-0.2, -0.15) is 0 Å². The van der Waals surface area contributed by atoms with Crippen molar-refractivity contribution < 1.29 is 14.6 Å². The Morgan fingerprint density at radius 3 is 2.43 bits per heavy atom. The number of aromatic nitrogens is 1. The van der Waals surface area contributed by atoms with E-state index >= 15 is 0 Å². The number of benzene rings is 1. The molecule has 1 aromatic carbocycles. The molecule has 2 rings (SSSR count). The van der Waals surface area contributed by atoms with Crippen LogP contribution in [0.25, 0.3) is 0 Å². The van der Waals surface area contributed by atoms with Gasteiger partial charge in [-0.3, -0.25) is 4.98 Å². The van der Waals surface area contributed by atoms with Crippen molar-refractivity contribution in [1.29, 1.82) is 0 Å². The third-order valence-corrected chi connectivity index (χ3v) is 4.16. The third-order valence-electron chi connectivity index (χ3n) is 2.92. The summed E-state index contributed by atoms with van der Waals surface area (Å²) in [5.74, 6) is 1.96. The highest BCUT2D eigenvalue weighted by molar-refractivity contribution is 9.11. The Hall–Kier alpha value is -1.11. The molecule has 2 aromatic rings. The molecule has 0 spiro atoms. The lowest BCUT2D eigenvalue weighted by Crippen LogP contribution is -1.98. The topological polar surface area (TPSA) is 51.6 Å². The lowest BCUT2D eigenvalue weighted by molar-refractivity contribution is 0.169. The molecule has 0 aliphatic rings. The zero-order valence-corrected chi connectivity index (χ0v) is 14.8. The van der Waals surface area contributed by atoms with Gasteiger partial charge in [-0.25, -0.2) is 0 Å². The molecule has 0 saturated carbocycles. The Morgan fingerprint density at radius 2 is 1.86 bits per heavy atom. The molecule has 1 atom stereocenters. The van der Waals surface area contributed by atoms with E-state index in [9.17, 15) is 5.11 Å². The van der Waals surface area contributed by atoms with Crippen LogP contribution in [-0.2, 0) is 0 Å². The Kier molecular flexibility index (Phi) is 5.61. The first-order valence-electron chi connectivity index (χ1n) is 6.40. The molecule has 4 nitrogen and oxygen atoms in total. The van der Waals surface area contributed by atoms with Gasteiger partial charge >= 0.3 is 0 Å². The Balaban J connectivity index is 2.20. The van der Waals surface area contributed by atoms with Crippen LogP contribution in [0.2, 0.25) is 0 Å². The van der Waals surface area contributed by atoms with Crippen molar-refractivity contribution >= 4 is 31.9 Å². The van der Waals surface area contributed by atoms with Crippen molar-refractivity contribution in [3.05, 3.63) is 45.1 Å². The lowest BCUT2D eigenvalue weighted by Gasteiger charge is -2.12. The van der Waals surface area contributed by atoms with Gasteiger partial charge in [0.1, 0.15) is 17.2 Å². The summed E-state index contributed by atoms with van der Waals surface area (Å²) >= 11 is 6.86. The number of halogens is 2. The van der Waals surface area contributed by atoms with E-state index in [1.54, 1.807) is 25.4 Å². The van der Waals surface area contributed by atoms with Gasteiger partial charge in [0, 0.05) is 0 Å². The van der Waals surface area contributed by atoms with Crippen LogP contribution in [0.1, 0.15) is 25.1 Å². The number of methoxy groups -OCH3 is 1. The van der Waals surface area contributed by atoms with Crippen molar-refractivity contribution in [3.63, 3.8) is 0 Å². The average Bonchev–Trinajstić information content (AvgIpc) is 2.50. The number of aliphatic hydroxyl groups excluding tert-OH is 1.